The zero-order valence-electron chi connectivity index (χ0n) is 13.9. The van der Waals surface area contributed by atoms with E-state index in [4.69, 9.17) is 16.7 Å². The average molecular weight is 355 g/mol. The van der Waals surface area contributed by atoms with Crippen LogP contribution < -0.4 is 0 Å². The predicted octanol–water partition coefficient (Wildman–Crippen LogP) is 6.47. The molecule has 3 aromatic carbocycles. The fourth-order valence-corrected chi connectivity index (χ4v) is 3.52. The summed E-state index contributed by atoms with van der Waals surface area (Å²) < 4.78 is 2.04. The Morgan fingerprint density at radius 1 is 0.692 bits per heavy atom. The highest BCUT2D eigenvalue weighted by molar-refractivity contribution is 6.30. The maximum Gasteiger partial charge on any atom is 0.0934 e. The first-order valence-electron chi connectivity index (χ1n) is 8.52. The number of aromatic nitrogens is 2. The molecule has 2 heterocycles. The first-order valence-corrected chi connectivity index (χ1v) is 8.90. The van der Waals surface area contributed by atoms with Gasteiger partial charge in [-0.2, -0.15) is 5.10 Å². The Balaban J connectivity index is 1.85. The summed E-state index contributed by atoms with van der Waals surface area (Å²) in [6.07, 6.45) is 0. The molecule has 0 spiro atoms. The minimum atomic E-state index is 0.733. The molecule has 0 N–H and O–H groups in total. The van der Waals surface area contributed by atoms with E-state index in [1.807, 2.05) is 47.0 Å². The Kier molecular flexibility index (Phi) is 3.51. The summed E-state index contributed by atoms with van der Waals surface area (Å²) in [7, 11) is 0. The monoisotopic (exact) mass is 354 g/mol. The van der Waals surface area contributed by atoms with Crippen molar-refractivity contribution in [2.75, 3.05) is 0 Å². The Labute approximate surface area is 156 Å². The van der Waals surface area contributed by atoms with E-state index in [9.17, 15) is 0 Å². The van der Waals surface area contributed by atoms with Crippen LogP contribution in [0.5, 0.6) is 0 Å². The highest BCUT2D eigenvalue weighted by Gasteiger charge is 2.12. The number of hydrogen-bond donors (Lipinski definition) is 0. The normalized spacial score (nSPS) is 11.3. The van der Waals surface area contributed by atoms with Crippen molar-refractivity contribution >= 4 is 27.9 Å². The highest BCUT2D eigenvalue weighted by Crippen LogP contribution is 2.31. The molecule has 0 saturated carbocycles. The summed E-state index contributed by atoms with van der Waals surface area (Å²) in [6, 6.07) is 31.0. The number of fused-ring (bicyclic) bond motifs is 3. The lowest BCUT2D eigenvalue weighted by atomic mass is 10.1. The molecule has 2 aromatic heterocycles. The SMILES string of the molecule is Clc1ccc(-c2cc3ccccc3c3cc(-c4ccccc4)nn23)cc1. The smallest absolute Gasteiger partial charge is 0.0934 e. The molecule has 124 valence electrons. The van der Waals surface area contributed by atoms with Gasteiger partial charge in [0.05, 0.1) is 16.9 Å². The minimum absolute atomic E-state index is 0.733. The van der Waals surface area contributed by atoms with Crippen molar-refractivity contribution in [1.82, 2.24) is 9.61 Å². The van der Waals surface area contributed by atoms with Crippen LogP contribution in [0.1, 0.15) is 0 Å². The molecule has 0 bridgehead atoms. The van der Waals surface area contributed by atoms with E-state index in [1.165, 1.54) is 10.8 Å². The van der Waals surface area contributed by atoms with E-state index in [1.54, 1.807) is 0 Å². The third-order valence-electron chi connectivity index (χ3n) is 4.68. The van der Waals surface area contributed by atoms with Crippen molar-refractivity contribution in [3.8, 4) is 22.5 Å². The molecule has 5 rings (SSSR count). The second-order valence-electron chi connectivity index (χ2n) is 6.32. The molecule has 0 amide bonds. The summed E-state index contributed by atoms with van der Waals surface area (Å²) in [5.74, 6) is 0. The van der Waals surface area contributed by atoms with Crippen LogP contribution in [-0.2, 0) is 0 Å². The summed E-state index contributed by atoms with van der Waals surface area (Å²) in [5.41, 5.74) is 5.33. The topological polar surface area (TPSA) is 17.3 Å². The number of benzene rings is 3. The molecular formula is C23H15ClN2. The summed E-state index contributed by atoms with van der Waals surface area (Å²) in [4.78, 5) is 0. The van der Waals surface area contributed by atoms with Gasteiger partial charge in [-0.15, -0.1) is 0 Å². The molecule has 0 saturated heterocycles. The molecular weight excluding hydrogens is 340 g/mol. The van der Waals surface area contributed by atoms with E-state index in [2.05, 4.69) is 48.5 Å². The number of pyridine rings is 1. The van der Waals surface area contributed by atoms with Crippen molar-refractivity contribution in [3.63, 3.8) is 0 Å². The van der Waals surface area contributed by atoms with Crippen LogP contribution >= 0.6 is 11.6 Å². The Bertz CT molecular complexity index is 1220. The van der Waals surface area contributed by atoms with Gasteiger partial charge >= 0.3 is 0 Å². The number of nitrogens with zero attached hydrogens (tertiary/aromatic N) is 2. The number of rotatable bonds is 2. The zero-order valence-corrected chi connectivity index (χ0v) is 14.7. The van der Waals surface area contributed by atoms with Gasteiger partial charge in [0, 0.05) is 21.5 Å². The largest absolute Gasteiger partial charge is 0.232 e. The maximum atomic E-state index is 6.07. The van der Waals surface area contributed by atoms with Gasteiger partial charge in [-0.1, -0.05) is 78.3 Å². The van der Waals surface area contributed by atoms with Crippen molar-refractivity contribution in [3.05, 3.63) is 96.0 Å². The Hall–Kier alpha value is -3.10. The molecule has 0 atom stereocenters. The number of hydrogen-bond acceptors (Lipinski definition) is 1. The number of halogens is 1. The quantitative estimate of drug-likeness (QED) is 0.355. The minimum Gasteiger partial charge on any atom is -0.232 e. The summed E-state index contributed by atoms with van der Waals surface area (Å²) in [5, 5.41) is 8.04. The van der Waals surface area contributed by atoms with Crippen LogP contribution in [0.25, 0.3) is 38.8 Å². The summed E-state index contributed by atoms with van der Waals surface area (Å²) in [6.45, 7) is 0. The van der Waals surface area contributed by atoms with Crippen LogP contribution in [-0.4, -0.2) is 9.61 Å². The predicted molar refractivity (Wildman–Crippen MR) is 109 cm³/mol. The standard InChI is InChI=1S/C23H15ClN2/c24-19-12-10-17(11-13-19)22-14-18-8-4-5-9-20(18)23-15-21(25-26(22)23)16-6-2-1-3-7-16/h1-15H. The van der Waals surface area contributed by atoms with E-state index in [0.29, 0.717) is 0 Å². The van der Waals surface area contributed by atoms with Gasteiger partial charge in [0.15, 0.2) is 0 Å². The second-order valence-corrected chi connectivity index (χ2v) is 6.75. The van der Waals surface area contributed by atoms with Gasteiger partial charge < -0.3 is 0 Å². The van der Waals surface area contributed by atoms with Gasteiger partial charge in [0.2, 0.25) is 0 Å². The lowest BCUT2D eigenvalue weighted by molar-refractivity contribution is 0.979. The second kappa shape index (κ2) is 6.01. The molecule has 0 unspecified atom stereocenters. The molecule has 2 nitrogen and oxygen atoms in total. The average Bonchev–Trinajstić information content (AvgIpc) is 3.14. The zero-order chi connectivity index (χ0) is 17.5. The molecule has 5 aromatic rings. The van der Waals surface area contributed by atoms with E-state index < -0.39 is 0 Å². The van der Waals surface area contributed by atoms with Crippen molar-refractivity contribution < 1.29 is 0 Å². The van der Waals surface area contributed by atoms with Gasteiger partial charge in [0.25, 0.3) is 0 Å². The van der Waals surface area contributed by atoms with E-state index in [-0.39, 0.29) is 0 Å². The third-order valence-corrected chi connectivity index (χ3v) is 4.93. The van der Waals surface area contributed by atoms with Crippen molar-refractivity contribution in [2.24, 2.45) is 0 Å². The van der Waals surface area contributed by atoms with Crippen LogP contribution in [0.15, 0.2) is 91.0 Å². The molecule has 0 aliphatic carbocycles. The van der Waals surface area contributed by atoms with Crippen LogP contribution in [0.3, 0.4) is 0 Å². The van der Waals surface area contributed by atoms with Gasteiger partial charge in [-0.05, 0) is 29.7 Å². The first-order chi connectivity index (χ1) is 12.8. The van der Waals surface area contributed by atoms with Crippen LogP contribution in [0.4, 0.5) is 0 Å². The summed E-state index contributed by atoms with van der Waals surface area (Å²) >= 11 is 6.07. The van der Waals surface area contributed by atoms with Gasteiger partial charge in [0.1, 0.15) is 0 Å². The van der Waals surface area contributed by atoms with Gasteiger partial charge in [-0.25, -0.2) is 4.52 Å². The first kappa shape index (κ1) is 15.2. The molecule has 0 radical (unpaired) electrons. The van der Waals surface area contributed by atoms with Crippen molar-refractivity contribution in [2.45, 2.75) is 0 Å². The lowest BCUT2D eigenvalue weighted by Gasteiger charge is -2.09. The molecule has 26 heavy (non-hydrogen) atoms. The lowest BCUT2D eigenvalue weighted by Crippen LogP contribution is -1.95. The Morgan fingerprint density at radius 3 is 2.23 bits per heavy atom. The maximum absolute atomic E-state index is 6.07. The van der Waals surface area contributed by atoms with Gasteiger partial charge in [-0.3, -0.25) is 0 Å². The molecule has 3 heteroatoms. The fraction of sp³-hybridized carbons (Fsp3) is 0. The Morgan fingerprint density at radius 2 is 1.42 bits per heavy atom. The van der Waals surface area contributed by atoms with E-state index in [0.717, 1.165) is 33.1 Å². The molecule has 0 fully saturated rings. The van der Waals surface area contributed by atoms with E-state index >= 15 is 0 Å². The fourth-order valence-electron chi connectivity index (χ4n) is 3.40. The van der Waals surface area contributed by atoms with Crippen LogP contribution in [0, 0.1) is 0 Å². The highest BCUT2D eigenvalue weighted by atomic mass is 35.5. The van der Waals surface area contributed by atoms with Crippen LogP contribution in [0.2, 0.25) is 5.02 Å². The third kappa shape index (κ3) is 2.47. The van der Waals surface area contributed by atoms with Crippen molar-refractivity contribution in [1.29, 1.82) is 0 Å². The molecule has 0 aliphatic rings. The molecule has 0 aliphatic heterocycles.